The number of aliphatic hydroxyl groups excluding tert-OH is 1. The molecule has 1 aliphatic heterocycles. The summed E-state index contributed by atoms with van der Waals surface area (Å²) >= 11 is 6.25. The van der Waals surface area contributed by atoms with Gasteiger partial charge in [-0.2, -0.15) is 0 Å². The van der Waals surface area contributed by atoms with Gasteiger partial charge in [-0.3, -0.25) is 14.5 Å². The van der Waals surface area contributed by atoms with E-state index in [-0.39, 0.29) is 11.3 Å². The highest BCUT2D eigenvalue weighted by Crippen LogP contribution is 2.43. The number of hydrogen-bond donors (Lipinski definition) is 1. The highest BCUT2D eigenvalue weighted by atomic mass is 35.5. The number of methoxy groups -OCH3 is 1. The Labute approximate surface area is 205 Å². The maximum atomic E-state index is 13.3. The first-order valence-corrected chi connectivity index (χ1v) is 11.1. The van der Waals surface area contributed by atoms with Crippen molar-refractivity contribution in [2.45, 2.75) is 6.04 Å². The lowest BCUT2D eigenvalue weighted by Gasteiger charge is -2.25. The highest BCUT2D eigenvalue weighted by molar-refractivity contribution is 6.51. The van der Waals surface area contributed by atoms with Gasteiger partial charge in [-0.1, -0.05) is 41.0 Å². The van der Waals surface area contributed by atoms with Crippen LogP contribution in [0.4, 0.5) is 5.69 Å². The molecular weight excluding hydrogens is 468 g/mol. The minimum absolute atomic E-state index is 0.0250. The van der Waals surface area contributed by atoms with Crippen molar-refractivity contribution in [1.82, 2.24) is 5.16 Å². The van der Waals surface area contributed by atoms with E-state index in [4.69, 9.17) is 20.9 Å². The first kappa shape index (κ1) is 22.4. The predicted molar refractivity (Wildman–Crippen MR) is 131 cm³/mol. The van der Waals surface area contributed by atoms with Crippen LogP contribution < -0.4 is 9.64 Å². The number of hydrogen-bond acceptors (Lipinski definition) is 6. The fraction of sp³-hybridized carbons (Fsp3) is 0.0741. The molecule has 0 radical (unpaired) electrons. The Balaban J connectivity index is 1.65. The third-order valence-electron chi connectivity index (χ3n) is 5.85. The Morgan fingerprint density at radius 2 is 1.77 bits per heavy atom. The zero-order chi connectivity index (χ0) is 24.5. The number of Topliss-reactive ketones (excluding diaryl/α,β-unsaturated/α-hetero) is 1. The Kier molecular flexibility index (Phi) is 5.84. The minimum Gasteiger partial charge on any atom is -0.507 e. The van der Waals surface area contributed by atoms with E-state index in [9.17, 15) is 14.7 Å². The summed E-state index contributed by atoms with van der Waals surface area (Å²) in [7, 11) is 1.54. The first-order chi connectivity index (χ1) is 17.0. The van der Waals surface area contributed by atoms with E-state index in [2.05, 4.69) is 5.16 Å². The number of carbonyl (C=O) groups is 2. The number of rotatable bonds is 5. The monoisotopic (exact) mass is 486 g/mol. The lowest BCUT2D eigenvalue weighted by molar-refractivity contribution is -0.132. The van der Waals surface area contributed by atoms with Crippen LogP contribution in [-0.4, -0.2) is 29.1 Å². The summed E-state index contributed by atoms with van der Waals surface area (Å²) in [5.41, 5.74) is 2.87. The van der Waals surface area contributed by atoms with E-state index in [0.717, 1.165) is 5.56 Å². The van der Waals surface area contributed by atoms with Gasteiger partial charge in [0.1, 0.15) is 23.5 Å². The maximum Gasteiger partial charge on any atom is 0.300 e. The summed E-state index contributed by atoms with van der Waals surface area (Å²) in [4.78, 5) is 27.9. The van der Waals surface area contributed by atoms with Crippen LogP contribution in [0, 0.1) is 0 Å². The van der Waals surface area contributed by atoms with Crippen LogP contribution in [0.25, 0.3) is 17.0 Å². The minimum atomic E-state index is -0.881. The molecule has 1 amide bonds. The fourth-order valence-electron chi connectivity index (χ4n) is 4.15. The Bertz CT molecular complexity index is 1430. The fourth-order valence-corrected chi connectivity index (χ4v) is 4.35. The van der Waals surface area contributed by atoms with Gasteiger partial charge in [0, 0.05) is 27.9 Å². The predicted octanol–water partition coefficient (Wildman–Crippen LogP) is 5.63. The van der Waals surface area contributed by atoms with Crippen molar-refractivity contribution >= 4 is 34.7 Å². The van der Waals surface area contributed by atoms with E-state index in [1.807, 2.05) is 0 Å². The molecule has 2 heterocycles. The van der Waals surface area contributed by atoms with Gasteiger partial charge in [0.05, 0.1) is 18.7 Å². The van der Waals surface area contributed by atoms with Crippen LogP contribution in [0.5, 0.6) is 5.75 Å². The van der Waals surface area contributed by atoms with Crippen molar-refractivity contribution in [1.29, 1.82) is 0 Å². The van der Waals surface area contributed by atoms with Gasteiger partial charge < -0.3 is 14.4 Å². The summed E-state index contributed by atoms with van der Waals surface area (Å²) in [6.45, 7) is 0. The molecule has 1 N–H and O–H groups in total. The number of benzene rings is 3. The van der Waals surface area contributed by atoms with Gasteiger partial charge in [-0.25, -0.2) is 0 Å². The lowest BCUT2D eigenvalue weighted by Crippen LogP contribution is -2.29. The van der Waals surface area contributed by atoms with E-state index in [0.29, 0.717) is 33.3 Å². The standard InChI is InChI=1S/C27H19ClN2O5/c1-34-21-11-7-17(8-12-21)25(31)23-24(18-3-2-4-19(28)15-18)30(27(33)26(23)32)20-9-5-16(6-10-20)22-13-14-35-29-22/h2-15,24,31H,1H3/b25-23-. The second kappa shape index (κ2) is 9.12. The van der Waals surface area contributed by atoms with Crippen LogP contribution in [0.2, 0.25) is 5.02 Å². The zero-order valence-electron chi connectivity index (χ0n) is 18.5. The summed E-state index contributed by atoms with van der Waals surface area (Å²) in [6, 6.07) is 21.3. The third kappa shape index (κ3) is 4.06. The molecule has 0 bridgehead atoms. The van der Waals surface area contributed by atoms with Crippen LogP contribution in [0.1, 0.15) is 17.2 Å². The third-order valence-corrected chi connectivity index (χ3v) is 6.09. The summed E-state index contributed by atoms with van der Waals surface area (Å²) in [5, 5.41) is 15.6. The summed E-state index contributed by atoms with van der Waals surface area (Å²) in [5.74, 6) is -1.22. The number of carbonyl (C=O) groups excluding carboxylic acids is 2. The molecular formula is C27H19ClN2O5. The second-order valence-corrected chi connectivity index (χ2v) is 8.32. The molecule has 5 rings (SSSR count). The topological polar surface area (TPSA) is 92.9 Å². The molecule has 4 aromatic rings. The molecule has 0 saturated carbocycles. The highest BCUT2D eigenvalue weighted by Gasteiger charge is 2.47. The Morgan fingerprint density at radius 3 is 2.40 bits per heavy atom. The van der Waals surface area contributed by atoms with E-state index < -0.39 is 17.7 Å². The van der Waals surface area contributed by atoms with Crippen LogP contribution >= 0.6 is 11.6 Å². The lowest BCUT2D eigenvalue weighted by atomic mass is 9.95. The maximum absolute atomic E-state index is 13.3. The molecule has 3 aromatic carbocycles. The number of nitrogens with zero attached hydrogens (tertiary/aromatic N) is 2. The largest absolute Gasteiger partial charge is 0.507 e. The van der Waals surface area contributed by atoms with Gasteiger partial charge in [0.15, 0.2) is 0 Å². The molecule has 1 saturated heterocycles. The number of ketones is 1. The number of aliphatic hydroxyl groups is 1. The van der Waals surface area contributed by atoms with Crippen LogP contribution in [0.3, 0.4) is 0 Å². The normalized spacial score (nSPS) is 17.1. The molecule has 7 nitrogen and oxygen atoms in total. The number of anilines is 1. The number of halogens is 1. The summed E-state index contributed by atoms with van der Waals surface area (Å²) < 4.78 is 10.1. The van der Waals surface area contributed by atoms with Gasteiger partial charge in [0.25, 0.3) is 11.7 Å². The Hall–Kier alpha value is -4.36. The molecule has 0 aliphatic carbocycles. The molecule has 0 spiro atoms. The molecule has 35 heavy (non-hydrogen) atoms. The molecule has 174 valence electrons. The quantitative estimate of drug-likeness (QED) is 0.223. The molecule has 1 atom stereocenters. The van der Waals surface area contributed by atoms with Crippen molar-refractivity contribution < 1.29 is 24.0 Å². The first-order valence-electron chi connectivity index (χ1n) is 10.7. The van der Waals surface area contributed by atoms with Crippen molar-refractivity contribution in [3.8, 4) is 17.0 Å². The van der Waals surface area contributed by atoms with Crippen molar-refractivity contribution in [2.75, 3.05) is 12.0 Å². The molecule has 1 fully saturated rings. The van der Waals surface area contributed by atoms with Crippen LogP contribution in [0.15, 0.2) is 95.2 Å². The van der Waals surface area contributed by atoms with Gasteiger partial charge in [-0.15, -0.1) is 0 Å². The smallest absolute Gasteiger partial charge is 0.300 e. The number of aromatic nitrogens is 1. The van der Waals surface area contributed by atoms with E-state index in [1.54, 1.807) is 78.9 Å². The molecule has 1 aromatic heterocycles. The molecule has 1 unspecified atom stereocenters. The van der Waals surface area contributed by atoms with Crippen LogP contribution in [-0.2, 0) is 9.59 Å². The van der Waals surface area contributed by atoms with Gasteiger partial charge >= 0.3 is 0 Å². The second-order valence-electron chi connectivity index (χ2n) is 7.88. The molecule has 1 aliphatic rings. The average molecular weight is 487 g/mol. The summed E-state index contributed by atoms with van der Waals surface area (Å²) in [6.07, 6.45) is 1.47. The number of amides is 1. The zero-order valence-corrected chi connectivity index (χ0v) is 19.3. The SMILES string of the molecule is COc1ccc(/C(O)=C2/C(=O)C(=O)N(c3ccc(-c4ccon4)cc3)C2c2cccc(Cl)c2)cc1. The van der Waals surface area contributed by atoms with Crippen molar-refractivity contribution in [3.63, 3.8) is 0 Å². The van der Waals surface area contributed by atoms with Crippen molar-refractivity contribution in [3.05, 3.63) is 107 Å². The van der Waals surface area contributed by atoms with Gasteiger partial charge in [-0.05, 0) is 54.1 Å². The van der Waals surface area contributed by atoms with Gasteiger partial charge in [0.2, 0.25) is 0 Å². The molecule has 8 heteroatoms. The average Bonchev–Trinajstić information content (AvgIpc) is 3.51. The number of ether oxygens (including phenoxy) is 1. The van der Waals surface area contributed by atoms with E-state index >= 15 is 0 Å². The van der Waals surface area contributed by atoms with E-state index in [1.165, 1.54) is 18.3 Å². The van der Waals surface area contributed by atoms with Crippen molar-refractivity contribution in [2.24, 2.45) is 0 Å². The Morgan fingerprint density at radius 1 is 1.03 bits per heavy atom.